The number of rotatable bonds is 3. The summed E-state index contributed by atoms with van der Waals surface area (Å²) < 4.78 is 27.4. The summed E-state index contributed by atoms with van der Waals surface area (Å²) in [6.07, 6.45) is 1.76. The van der Waals surface area contributed by atoms with Crippen molar-refractivity contribution in [2.45, 2.75) is 4.90 Å². The van der Waals surface area contributed by atoms with Gasteiger partial charge in [-0.25, -0.2) is 13.1 Å². The molecule has 0 aliphatic carbocycles. The third kappa shape index (κ3) is 3.41. The van der Waals surface area contributed by atoms with Gasteiger partial charge in [0.15, 0.2) is 4.80 Å². The molecule has 0 radical (unpaired) electrons. The third-order valence-corrected chi connectivity index (χ3v) is 5.29. The molecule has 112 valence electrons. The van der Waals surface area contributed by atoms with Crippen LogP contribution in [0.2, 0.25) is 5.02 Å². The smallest absolute Gasteiger partial charge is 0.281 e. The molecule has 21 heavy (non-hydrogen) atoms. The summed E-state index contributed by atoms with van der Waals surface area (Å²) in [5, 5.41) is 1.94. The van der Waals surface area contributed by atoms with Crippen molar-refractivity contribution < 1.29 is 13.2 Å². The summed E-state index contributed by atoms with van der Waals surface area (Å²) in [5.41, 5.74) is 0.0430. The number of benzene rings is 1. The molecule has 0 fully saturated rings. The van der Waals surface area contributed by atoms with Crippen molar-refractivity contribution >= 4 is 38.9 Å². The molecule has 0 aliphatic rings. The predicted molar refractivity (Wildman–Crippen MR) is 80.9 cm³/mol. The third-order valence-electron chi connectivity index (χ3n) is 2.70. The number of halogens is 1. The number of hydrogen-bond acceptors (Lipinski definition) is 4. The first-order valence-corrected chi connectivity index (χ1v) is 8.51. The van der Waals surface area contributed by atoms with Gasteiger partial charge >= 0.3 is 0 Å². The summed E-state index contributed by atoms with van der Waals surface area (Å²) in [7, 11) is -0.597. The second-order valence-corrected chi connectivity index (χ2v) is 7.23. The van der Waals surface area contributed by atoms with Crippen LogP contribution in [0.1, 0.15) is 10.4 Å². The molecular formula is C12H12ClN3O3S2. The topological polar surface area (TPSA) is 80.5 Å². The van der Waals surface area contributed by atoms with Gasteiger partial charge in [-0.3, -0.25) is 4.79 Å². The van der Waals surface area contributed by atoms with Gasteiger partial charge in [0, 0.05) is 18.6 Å². The van der Waals surface area contributed by atoms with Crippen molar-refractivity contribution in [3.63, 3.8) is 0 Å². The Morgan fingerprint density at radius 2 is 2.14 bits per heavy atom. The minimum absolute atomic E-state index is 0.0384. The molecule has 0 saturated heterocycles. The van der Waals surface area contributed by atoms with Gasteiger partial charge < -0.3 is 4.57 Å². The maximum Gasteiger partial charge on any atom is 0.281 e. The first kappa shape index (κ1) is 15.9. The van der Waals surface area contributed by atoms with Crippen LogP contribution in [-0.4, -0.2) is 25.9 Å². The van der Waals surface area contributed by atoms with Gasteiger partial charge in [-0.1, -0.05) is 11.6 Å². The first-order chi connectivity index (χ1) is 9.85. The highest BCUT2D eigenvalue weighted by Gasteiger charge is 2.17. The molecule has 1 amide bonds. The lowest BCUT2D eigenvalue weighted by Crippen LogP contribution is -2.19. The van der Waals surface area contributed by atoms with Gasteiger partial charge in [-0.15, -0.1) is 11.3 Å². The Morgan fingerprint density at radius 1 is 1.43 bits per heavy atom. The molecule has 1 aromatic carbocycles. The largest absolute Gasteiger partial charge is 0.327 e. The molecule has 0 saturated carbocycles. The van der Waals surface area contributed by atoms with E-state index in [4.69, 9.17) is 11.6 Å². The van der Waals surface area contributed by atoms with E-state index in [-0.39, 0.29) is 15.5 Å². The number of nitrogens with one attached hydrogen (secondary N) is 1. The van der Waals surface area contributed by atoms with Gasteiger partial charge in [0.05, 0.1) is 15.5 Å². The molecular weight excluding hydrogens is 334 g/mol. The molecule has 0 spiro atoms. The molecule has 0 atom stereocenters. The Balaban J connectivity index is 2.52. The van der Waals surface area contributed by atoms with Gasteiger partial charge in [-0.2, -0.15) is 4.99 Å². The Bertz CT molecular complexity index is 853. The summed E-state index contributed by atoms with van der Waals surface area (Å²) >= 11 is 7.26. The van der Waals surface area contributed by atoms with Crippen LogP contribution in [0, 0.1) is 0 Å². The normalized spacial score (nSPS) is 12.6. The summed E-state index contributed by atoms with van der Waals surface area (Å²) in [6, 6.07) is 3.91. The number of carbonyl (C=O) groups is 1. The predicted octanol–water partition coefficient (Wildman–Crippen LogP) is 1.39. The van der Waals surface area contributed by atoms with Gasteiger partial charge in [0.2, 0.25) is 10.0 Å². The van der Waals surface area contributed by atoms with E-state index >= 15 is 0 Å². The van der Waals surface area contributed by atoms with Crippen LogP contribution in [0.5, 0.6) is 0 Å². The second kappa shape index (κ2) is 6.10. The zero-order chi connectivity index (χ0) is 15.6. The molecule has 0 unspecified atom stereocenters. The lowest BCUT2D eigenvalue weighted by atomic mass is 10.2. The summed E-state index contributed by atoms with van der Waals surface area (Å²) in [5.74, 6) is -0.591. The lowest BCUT2D eigenvalue weighted by molar-refractivity contribution is 0.0998. The molecule has 1 N–H and O–H groups in total. The number of thiazole rings is 1. The Kier molecular flexibility index (Phi) is 4.62. The van der Waals surface area contributed by atoms with Crippen LogP contribution in [0.15, 0.2) is 39.7 Å². The number of hydrogen-bond donors (Lipinski definition) is 1. The molecule has 1 aromatic heterocycles. The number of amides is 1. The number of aromatic nitrogens is 1. The maximum absolute atomic E-state index is 12.2. The van der Waals surface area contributed by atoms with Crippen LogP contribution in [0.4, 0.5) is 0 Å². The molecule has 2 aromatic rings. The Hall–Kier alpha value is -1.48. The minimum atomic E-state index is -3.65. The fourth-order valence-corrected chi connectivity index (χ4v) is 3.22. The highest BCUT2D eigenvalue weighted by atomic mass is 35.5. The fourth-order valence-electron chi connectivity index (χ4n) is 1.54. The van der Waals surface area contributed by atoms with E-state index in [9.17, 15) is 13.2 Å². The first-order valence-electron chi connectivity index (χ1n) is 5.77. The van der Waals surface area contributed by atoms with E-state index in [0.717, 1.165) is 0 Å². The van der Waals surface area contributed by atoms with Crippen LogP contribution in [0.3, 0.4) is 0 Å². The van der Waals surface area contributed by atoms with E-state index in [1.54, 1.807) is 23.2 Å². The van der Waals surface area contributed by atoms with Crippen LogP contribution in [0.25, 0.3) is 0 Å². The van der Waals surface area contributed by atoms with E-state index in [0.29, 0.717) is 4.80 Å². The quantitative estimate of drug-likeness (QED) is 0.912. The SMILES string of the molecule is CNS(=O)(=O)c1ccc(Cl)c(C(=O)N=c2sccn2C)c1. The van der Waals surface area contributed by atoms with E-state index in [1.165, 1.54) is 36.6 Å². The van der Waals surface area contributed by atoms with Crippen molar-refractivity contribution in [2.75, 3.05) is 7.05 Å². The Morgan fingerprint density at radius 3 is 2.71 bits per heavy atom. The molecule has 1 heterocycles. The number of aryl methyl sites for hydroxylation is 1. The second-order valence-electron chi connectivity index (χ2n) is 4.06. The zero-order valence-electron chi connectivity index (χ0n) is 11.2. The van der Waals surface area contributed by atoms with Crippen molar-refractivity contribution in [1.82, 2.24) is 9.29 Å². The van der Waals surface area contributed by atoms with Crippen LogP contribution >= 0.6 is 22.9 Å². The number of carbonyl (C=O) groups excluding carboxylic acids is 1. The van der Waals surface area contributed by atoms with Crippen molar-refractivity contribution in [3.05, 3.63) is 45.2 Å². The number of nitrogens with zero attached hydrogens (tertiary/aromatic N) is 2. The lowest BCUT2D eigenvalue weighted by Gasteiger charge is -2.05. The highest BCUT2D eigenvalue weighted by molar-refractivity contribution is 7.89. The average Bonchev–Trinajstić information content (AvgIpc) is 2.84. The van der Waals surface area contributed by atoms with E-state index in [2.05, 4.69) is 9.71 Å². The maximum atomic E-state index is 12.2. The molecule has 6 nitrogen and oxygen atoms in total. The summed E-state index contributed by atoms with van der Waals surface area (Å²) in [6.45, 7) is 0. The Labute approximate surface area is 130 Å². The minimum Gasteiger partial charge on any atom is -0.327 e. The van der Waals surface area contributed by atoms with Gasteiger partial charge in [0.1, 0.15) is 0 Å². The number of sulfonamides is 1. The van der Waals surface area contributed by atoms with Gasteiger partial charge in [0.25, 0.3) is 5.91 Å². The summed E-state index contributed by atoms with van der Waals surface area (Å²) in [4.78, 5) is 16.6. The van der Waals surface area contributed by atoms with Crippen LogP contribution in [-0.2, 0) is 17.1 Å². The van der Waals surface area contributed by atoms with Crippen LogP contribution < -0.4 is 9.52 Å². The molecule has 2 rings (SSSR count). The fraction of sp³-hybridized carbons (Fsp3) is 0.167. The monoisotopic (exact) mass is 345 g/mol. The highest BCUT2D eigenvalue weighted by Crippen LogP contribution is 2.21. The van der Waals surface area contributed by atoms with Gasteiger partial charge in [-0.05, 0) is 25.2 Å². The molecule has 0 bridgehead atoms. The zero-order valence-corrected chi connectivity index (χ0v) is 13.6. The average molecular weight is 346 g/mol. The molecule has 9 heteroatoms. The van der Waals surface area contributed by atoms with Crippen molar-refractivity contribution in [1.29, 1.82) is 0 Å². The van der Waals surface area contributed by atoms with Crippen molar-refractivity contribution in [3.8, 4) is 0 Å². The molecule has 0 aliphatic heterocycles. The van der Waals surface area contributed by atoms with E-state index < -0.39 is 15.9 Å². The van der Waals surface area contributed by atoms with Crippen molar-refractivity contribution in [2.24, 2.45) is 12.0 Å². The standard InChI is InChI=1S/C12H12ClN3O3S2/c1-14-21(18,19)8-3-4-10(13)9(7-8)11(17)15-12-16(2)5-6-20-12/h3-7,14H,1-2H3. The van der Waals surface area contributed by atoms with E-state index in [1.807, 2.05) is 0 Å².